The van der Waals surface area contributed by atoms with Crippen LogP contribution < -0.4 is 9.64 Å². The first-order valence-corrected chi connectivity index (χ1v) is 8.44. The van der Waals surface area contributed by atoms with Crippen molar-refractivity contribution in [2.24, 2.45) is 0 Å². The zero-order valence-corrected chi connectivity index (χ0v) is 15.2. The van der Waals surface area contributed by atoms with Crippen LogP contribution in [0.2, 0.25) is 0 Å². The van der Waals surface area contributed by atoms with Crippen molar-refractivity contribution in [3.05, 3.63) is 59.7 Å². The molecule has 0 fully saturated rings. The van der Waals surface area contributed by atoms with Crippen molar-refractivity contribution >= 4 is 23.4 Å². The van der Waals surface area contributed by atoms with Crippen LogP contribution in [0.5, 0.6) is 5.75 Å². The topological polar surface area (TPSA) is 62.6 Å². The minimum atomic E-state index is -0.606. The highest BCUT2D eigenvalue weighted by atomic mass is 16.5. The lowest BCUT2D eigenvalue weighted by atomic mass is 10.1. The maximum absolute atomic E-state index is 11.7. The number of esters is 1. The summed E-state index contributed by atoms with van der Waals surface area (Å²) in [6.45, 7) is 4.54. The van der Waals surface area contributed by atoms with E-state index < -0.39 is 5.97 Å². The number of carbonyl (C=O) groups excluding carboxylic acids is 1. The molecule has 26 heavy (non-hydrogen) atoms. The molecule has 0 unspecified atom stereocenters. The van der Waals surface area contributed by atoms with Gasteiger partial charge in [-0.25, -0.2) is 4.79 Å². The van der Waals surface area contributed by atoms with Gasteiger partial charge in [-0.1, -0.05) is 12.1 Å². The molecule has 0 N–H and O–H groups in total. The summed E-state index contributed by atoms with van der Waals surface area (Å²) in [5.41, 5.74) is 2.76. The Kier molecular flexibility index (Phi) is 6.81. The molecule has 2 rings (SSSR count). The average molecular weight is 350 g/mol. The summed E-state index contributed by atoms with van der Waals surface area (Å²) in [6.07, 6.45) is 1.53. The Morgan fingerprint density at radius 3 is 2.12 bits per heavy atom. The van der Waals surface area contributed by atoms with Crippen LogP contribution in [0.25, 0.3) is 6.08 Å². The highest BCUT2D eigenvalue weighted by Crippen LogP contribution is 2.26. The Balaban J connectivity index is 2.15. The molecule has 0 atom stereocenters. The van der Waals surface area contributed by atoms with Crippen LogP contribution in [-0.4, -0.2) is 26.2 Å². The normalized spacial score (nSPS) is 10.8. The molecular weight excluding hydrogens is 328 g/mol. The first-order valence-electron chi connectivity index (χ1n) is 8.44. The molecule has 0 saturated heterocycles. The smallest absolute Gasteiger partial charge is 0.348 e. The number of carbonyl (C=O) groups is 1. The van der Waals surface area contributed by atoms with Gasteiger partial charge in [-0.15, -0.1) is 0 Å². The van der Waals surface area contributed by atoms with Crippen molar-refractivity contribution in [3.8, 4) is 11.8 Å². The number of nitrogens with zero attached hydrogens (tertiary/aromatic N) is 2. The molecule has 0 bridgehead atoms. The number of nitriles is 1. The molecule has 0 heterocycles. The van der Waals surface area contributed by atoms with E-state index >= 15 is 0 Å². The van der Waals surface area contributed by atoms with E-state index in [1.165, 1.54) is 6.08 Å². The third-order valence-electron chi connectivity index (χ3n) is 3.74. The summed E-state index contributed by atoms with van der Waals surface area (Å²) in [6, 6.07) is 17.3. The van der Waals surface area contributed by atoms with Crippen LogP contribution >= 0.6 is 0 Å². The highest BCUT2D eigenvalue weighted by Gasteiger charge is 2.10. The predicted octanol–water partition coefficient (Wildman–Crippen LogP) is 4.32. The van der Waals surface area contributed by atoms with Crippen molar-refractivity contribution in [1.82, 2.24) is 0 Å². The molecule has 0 radical (unpaired) electrons. The molecule has 0 amide bonds. The van der Waals surface area contributed by atoms with E-state index in [1.807, 2.05) is 73.5 Å². The van der Waals surface area contributed by atoms with Crippen molar-refractivity contribution in [3.63, 3.8) is 0 Å². The summed E-state index contributed by atoms with van der Waals surface area (Å²) in [5.74, 6) is 0.235. The van der Waals surface area contributed by atoms with Crippen LogP contribution in [0.1, 0.15) is 19.4 Å². The second-order valence-electron chi connectivity index (χ2n) is 5.47. The molecule has 0 aliphatic carbocycles. The van der Waals surface area contributed by atoms with Crippen molar-refractivity contribution in [1.29, 1.82) is 5.26 Å². The Labute approximate surface area is 154 Å². The van der Waals surface area contributed by atoms with Gasteiger partial charge >= 0.3 is 5.97 Å². The first kappa shape index (κ1) is 19.1. The SMILES string of the molecule is CCOC(=O)/C(C#N)=C\c1ccc(N(C)c2ccc(OCC)cc2)cc1. The largest absolute Gasteiger partial charge is 0.494 e. The first-order chi connectivity index (χ1) is 12.6. The Bertz CT molecular complexity index is 803. The number of hydrogen-bond donors (Lipinski definition) is 0. The molecular formula is C21H22N2O3. The van der Waals surface area contributed by atoms with Crippen LogP contribution in [0.15, 0.2) is 54.1 Å². The molecule has 2 aromatic rings. The minimum Gasteiger partial charge on any atom is -0.494 e. The number of hydrogen-bond acceptors (Lipinski definition) is 5. The lowest BCUT2D eigenvalue weighted by Crippen LogP contribution is -2.09. The standard InChI is InChI=1S/C21H22N2O3/c1-4-25-20-12-10-19(11-13-20)23(3)18-8-6-16(7-9-18)14-17(15-22)21(24)26-5-2/h6-14H,4-5H2,1-3H3/b17-14-. The summed E-state index contributed by atoms with van der Waals surface area (Å²) in [5, 5.41) is 9.10. The molecule has 0 saturated carbocycles. The second kappa shape index (κ2) is 9.28. The molecule has 0 aliphatic rings. The lowest BCUT2D eigenvalue weighted by molar-refractivity contribution is -0.137. The van der Waals surface area contributed by atoms with E-state index in [0.717, 1.165) is 22.7 Å². The van der Waals surface area contributed by atoms with Gasteiger partial charge in [-0.05, 0) is 61.9 Å². The van der Waals surface area contributed by atoms with E-state index in [2.05, 4.69) is 0 Å². The zero-order chi connectivity index (χ0) is 18.9. The molecule has 0 spiro atoms. The fourth-order valence-corrected chi connectivity index (χ4v) is 2.39. The molecule has 5 nitrogen and oxygen atoms in total. The number of anilines is 2. The van der Waals surface area contributed by atoms with Gasteiger partial charge in [0.1, 0.15) is 17.4 Å². The maximum Gasteiger partial charge on any atom is 0.348 e. The number of rotatable bonds is 7. The van der Waals surface area contributed by atoms with Gasteiger partial charge in [0.25, 0.3) is 0 Å². The van der Waals surface area contributed by atoms with Crippen LogP contribution in [-0.2, 0) is 9.53 Å². The fraction of sp³-hybridized carbons (Fsp3) is 0.238. The van der Waals surface area contributed by atoms with Gasteiger partial charge in [-0.2, -0.15) is 5.26 Å². The van der Waals surface area contributed by atoms with Gasteiger partial charge in [0.15, 0.2) is 0 Å². The van der Waals surface area contributed by atoms with E-state index in [9.17, 15) is 4.79 Å². The Morgan fingerprint density at radius 1 is 1.04 bits per heavy atom. The average Bonchev–Trinajstić information content (AvgIpc) is 2.67. The van der Waals surface area contributed by atoms with Crippen LogP contribution in [0.3, 0.4) is 0 Å². The number of ether oxygens (including phenoxy) is 2. The van der Waals surface area contributed by atoms with Gasteiger partial charge in [-0.3, -0.25) is 0 Å². The van der Waals surface area contributed by atoms with Crippen LogP contribution in [0.4, 0.5) is 11.4 Å². The minimum absolute atomic E-state index is 0.0144. The Morgan fingerprint density at radius 2 is 1.62 bits per heavy atom. The zero-order valence-electron chi connectivity index (χ0n) is 15.2. The van der Waals surface area contributed by atoms with E-state index in [1.54, 1.807) is 6.92 Å². The molecule has 0 aliphatic heterocycles. The van der Waals surface area contributed by atoms with Crippen LogP contribution in [0, 0.1) is 11.3 Å². The molecule has 2 aromatic carbocycles. The second-order valence-corrected chi connectivity index (χ2v) is 5.47. The Hall–Kier alpha value is -3.26. The van der Waals surface area contributed by atoms with Gasteiger partial charge in [0.05, 0.1) is 13.2 Å². The lowest BCUT2D eigenvalue weighted by Gasteiger charge is -2.20. The monoisotopic (exact) mass is 350 g/mol. The van der Waals surface area contributed by atoms with E-state index in [4.69, 9.17) is 14.7 Å². The summed E-state index contributed by atoms with van der Waals surface area (Å²) in [4.78, 5) is 13.7. The maximum atomic E-state index is 11.7. The third-order valence-corrected chi connectivity index (χ3v) is 3.74. The molecule has 5 heteroatoms. The van der Waals surface area contributed by atoms with Crippen molar-refractivity contribution in [2.45, 2.75) is 13.8 Å². The van der Waals surface area contributed by atoms with E-state index in [-0.39, 0.29) is 12.2 Å². The highest BCUT2D eigenvalue weighted by molar-refractivity contribution is 5.97. The fourth-order valence-electron chi connectivity index (χ4n) is 2.39. The van der Waals surface area contributed by atoms with Crippen molar-refractivity contribution in [2.75, 3.05) is 25.2 Å². The molecule has 134 valence electrons. The summed E-state index contributed by atoms with van der Waals surface area (Å²) < 4.78 is 10.3. The number of benzene rings is 2. The third kappa shape index (κ3) is 4.87. The quantitative estimate of drug-likeness (QED) is 0.423. The van der Waals surface area contributed by atoms with E-state index in [0.29, 0.717) is 6.61 Å². The molecule has 0 aromatic heterocycles. The van der Waals surface area contributed by atoms with Crippen molar-refractivity contribution < 1.29 is 14.3 Å². The van der Waals surface area contributed by atoms with Gasteiger partial charge in [0.2, 0.25) is 0 Å². The predicted molar refractivity (Wildman–Crippen MR) is 102 cm³/mol. The summed E-state index contributed by atoms with van der Waals surface area (Å²) in [7, 11) is 1.97. The van der Waals surface area contributed by atoms with Gasteiger partial charge < -0.3 is 14.4 Å². The summed E-state index contributed by atoms with van der Waals surface area (Å²) >= 11 is 0. The van der Waals surface area contributed by atoms with Gasteiger partial charge in [0, 0.05) is 18.4 Å².